The molecule has 1 atom stereocenters. The van der Waals surface area contributed by atoms with Gasteiger partial charge in [-0.3, -0.25) is 0 Å². The molecule has 9 heteroatoms. The van der Waals surface area contributed by atoms with Gasteiger partial charge in [-0.1, -0.05) is 72.4 Å². The van der Waals surface area contributed by atoms with Crippen LogP contribution >= 0.6 is 11.8 Å². The number of ether oxygens (including phenoxy) is 2. The molecule has 194 valence electrons. The summed E-state index contributed by atoms with van der Waals surface area (Å²) < 4.78 is 27.1. The summed E-state index contributed by atoms with van der Waals surface area (Å²) in [4.78, 5) is 17.6. The number of aromatic nitrogens is 3. The average Bonchev–Trinajstić information content (AvgIpc) is 3.34. The van der Waals surface area contributed by atoms with Crippen molar-refractivity contribution in [3.8, 4) is 5.75 Å². The van der Waals surface area contributed by atoms with Crippen LogP contribution in [0.5, 0.6) is 5.75 Å². The number of carbonyl (C=O) groups is 1. The number of hydrogen-bond acceptors (Lipinski definition) is 7. The fourth-order valence-electron chi connectivity index (χ4n) is 4.22. The molecule has 1 aliphatic rings. The Morgan fingerprint density at radius 2 is 1.79 bits per heavy atom. The van der Waals surface area contributed by atoms with Crippen LogP contribution in [-0.4, -0.2) is 27.3 Å². The van der Waals surface area contributed by atoms with Gasteiger partial charge >= 0.3 is 5.97 Å². The Morgan fingerprint density at radius 3 is 2.53 bits per heavy atom. The Labute approximate surface area is 224 Å². The molecule has 0 amide bonds. The SMILES string of the molecule is CCOC(=O)C1=C(C)Nc2nc(SCc3ccccc3F)nn2C1c1ccc(OCc2ccccc2)cc1. The lowest BCUT2D eigenvalue weighted by Gasteiger charge is -2.28. The van der Waals surface area contributed by atoms with Crippen LogP contribution in [0.4, 0.5) is 10.3 Å². The van der Waals surface area contributed by atoms with Crippen molar-refractivity contribution in [1.82, 2.24) is 14.8 Å². The first-order valence-electron chi connectivity index (χ1n) is 12.3. The normalized spacial score (nSPS) is 14.6. The number of rotatable bonds is 9. The van der Waals surface area contributed by atoms with Gasteiger partial charge in [-0.2, -0.15) is 4.98 Å². The van der Waals surface area contributed by atoms with E-state index in [2.05, 4.69) is 15.4 Å². The van der Waals surface area contributed by atoms with E-state index in [-0.39, 0.29) is 12.4 Å². The maximum atomic E-state index is 14.1. The highest BCUT2D eigenvalue weighted by Crippen LogP contribution is 2.37. The first kappa shape index (κ1) is 25.5. The van der Waals surface area contributed by atoms with Gasteiger partial charge in [0.15, 0.2) is 0 Å². The molecular weight excluding hydrogens is 503 g/mol. The van der Waals surface area contributed by atoms with Gasteiger partial charge in [0.1, 0.15) is 24.2 Å². The smallest absolute Gasteiger partial charge is 0.338 e. The van der Waals surface area contributed by atoms with Crippen LogP contribution < -0.4 is 10.1 Å². The third-order valence-corrected chi connectivity index (χ3v) is 6.97. The minimum Gasteiger partial charge on any atom is -0.489 e. The standard InChI is InChI=1S/C29H27FN4O3S/c1-3-36-27(35)25-19(2)31-28-32-29(38-18-22-11-7-8-12-24(22)30)33-34(28)26(25)21-13-15-23(16-14-21)37-17-20-9-5-4-6-10-20/h4-16,26H,3,17-18H2,1-2H3,(H,31,32,33). The maximum Gasteiger partial charge on any atom is 0.338 e. The Bertz CT molecular complexity index is 1450. The summed E-state index contributed by atoms with van der Waals surface area (Å²) in [6.45, 7) is 4.30. The highest BCUT2D eigenvalue weighted by Gasteiger charge is 2.35. The summed E-state index contributed by atoms with van der Waals surface area (Å²) in [6, 6.07) is 23.6. The molecule has 0 spiro atoms. The van der Waals surface area contributed by atoms with Gasteiger partial charge in [-0.15, -0.1) is 5.10 Å². The van der Waals surface area contributed by atoms with Crippen LogP contribution in [0.15, 0.2) is 95.3 Å². The monoisotopic (exact) mass is 530 g/mol. The number of esters is 1. The van der Waals surface area contributed by atoms with Crippen molar-refractivity contribution in [1.29, 1.82) is 0 Å². The molecule has 38 heavy (non-hydrogen) atoms. The third-order valence-electron chi connectivity index (χ3n) is 6.09. The van der Waals surface area contributed by atoms with Gasteiger partial charge < -0.3 is 14.8 Å². The second-order valence-electron chi connectivity index (χ2n) is 8.67. The lowest BCUT2D eigenvalue weighted by molar-refractivity contribution is -0.139. The van der Waals surface area contributed by atoms with E-state index < -0.39 is 12.0 Å². The second kappa shape index (κ2) is 11.5. The van der Waals surface area contributed by atoms with Crippen LogP contribution in [0, 0.1) is 5.82 Å². The summed E-state index contributed by atoms with van der Waals surface area (Å²) in [7, 11) is 0. The molecule has 0 fully saturated rings. The number of anilines is 1. The van der Waals surface area contributed by atoms with E-state index in [9.17, 15) is 9.18 Å². The van der Waals surface area contributed by atoms with Crippen molar-refractivity contribution in [2.75, 3.05) is 11.9 Å². The number of fused-ring (bicyclic) bond motifs is 1. The molecule has 0 bridgehead atoms. The lowest BCUT2D eigenvalue weighted by atomic mass is 9.96. The number of nitrogens with zero attached hydrogens (tertiary/aromatic N) is 3. The van der Waals surface area contributed by atoms with Crippen molar-refractivity contribution in [2.45, 2.75) is 37.4 Å². The largest absolute Gasteiger partial charge is 0.489 e. The number of nitrogens with one attached hydrogen (secondary N) is 1. The molecular formula is C29H27FN4O3S. The van der Waals surface area contributed by atoms with Gasteiger partial charge in [0.05, 0.1) is 12.2 Å². The van der Waals surface area contributed by atoms with Crippen LogP contribution in [0.2, 0.25) is 0 Å². The summed E-state index contributed by atoms with van der Waals surface area (Å²) in [6.07, 6.45) is 0. The van der Waals surface area contributed by atoms with Gasteiger partial charge in [0.2, 0.25) is 11.1 Å². The molecule has 7 nitrogen and oxygen atoms in total. The molecule has 1 aliphatic heterocycles. The van der Waals surface area contributed by atoms with Crippen LogP contribution in [0.3, 0.4) is 0 Å². The molecule has 4 aromatic rings. The minimum absolute atomic E-state index is 0.253. The third kappa shape index (κ3) is 5.57. The molecule has 1 N–H and O–H groups in total. The number of allylic oxidation sites excluding steroid dienone is 1. The lowest BCUT2D eigenvalue weighted by Crippen LogP contribution is -2.29. The highest BCUT2D eigenvalue weighted by atomic mass is 32.2. The van der Waals surface area contributed by atoms with E-state index >= 15 is 0 Å². The maximum absolute atomic E-state index is 14.1. The molecule has 0 saturated heterocycles. The van der Waals surface area contributed by atoms with E-state index in [0.29, 0.717) is 46.0 Å². The zero-order valence-corrected chi connectivity index (χ0v) is 21.9. The fraction of sp³-hybridized carbons (Fsp3) is 0.207. The highest BCUT2D eigenvalue weighted by molar-refractivity contribution is 7.98. The fourth-order valence-corrected chi connectivity index (χ4v) is 5.03. The number of thioether (sulfide) groups is 1. The predicted molar refractivity (Wildman–Crippen MR) is 144 cm³/mol. The van der Waals surface area contributed by atoms with Gasteiger partial charge in [0, 0.05) is 11.4 Å². The Hall–Kier alpha value is -4.11. The van der Waals surface area contributed by atoms with E-state index in [4.69, 9.17) is 9.47 Å². The first-order chi connectivity index (χ1) is 18.5. The molecule has 0 saturated carbocycles. The minimum atomic E-state index is -0.552. The molecule has 0 aliphatic carbocycles. The Balaban J connectivity index is 1.42. The van der Waals surface area contributed by atoms with Crippen LogP contribution in [0.1, 0.15) is 36.6 Å². The van der Waals surface area contributed by atoms with E-state index in [0.717, 1.165) is 11.1 Å². The Kier molecular flexibility index (Phi) is 7.74. The summed E-state index contributed by atoms with van der Waals surface area (Å²) >= 11 is 1.33. The number of halogens is 1. The number of benzene rings is 3. The number of carbonyl (C=O) groups excluding carboxylic acids is 1. The zero-order valence-electron chi connectivity index (χ0n) is 21.1. The molecule has 0 radical (unpaired) electrons. The average molecular weight is 531 g/mol. The molecule has 1 unspecified atom stereocenters. The zero-order chi connectivity index (χ0) is 26.5. The molecule has 3 aromatic carbocycles. The quantitative estimate of drug-likeness (QED) is 0.206. The van der Waals surface area contributed by atoms with E-state index in [1.807, 2.05) is 61.5 Å². The Morgan fingerprint density at radius 1 is 1.05 bits per heavy atom. The van der Waals surface area contributed by atoms with Gasteiger partial charge in [-0.25, -0.2) is 13.9 Å². The van der Waals surface area contributed by atoms with Crippen molar-refractivity contribution in [2.24, 2.45) is 0 Å². The van der Waals surface area contributed by atoms with Gasteiger partial charge in [-0.05, 0) is 48.7 Å². The van der Waals surface area contributed by atoms with Crippen molar-refractivity contribution in [3.05, 3.63) is 113 Å². The van der Waals surface area contributed by atoms with Crippen LogP contribution in [-0.2, 0) is 21.9 Å². The molecule has 1 aromatic heterocycles. The summed E-state index contributed by atoms with van der Waals surface area (Å²) in [5.41, 5.74) is 3.57. The topological polar surface area (TPSA) is 78.3 Å². The molecule has 2 heterocycles. The summed E-state index contributed by atoms with van der Waals surface area (Å²) in [5, 5.41) is 8.35. The van der Waals surface area contributed by atoms with E-state index in [1.165, 1.54) is 17.8 Å². The van der Waals surface area contributed by atoms with E-state index in [1.54, 1.807) is 29.8 Å². The predicted octanol–water partition coefficient (Wildman–Crippen LogP) is 6.14. The van der Waals surface area contributed by atoms with Crippen LogP contribution in [0.25, 0.3) is 0 Å². The van der Waals surface area contributed by atoms with Crippen molar-refractivity contribution in [3.63, 3.8) is 0 Å². The number of hydrogen-bond donors (Lipinski definition) is 1. The summed E-state index contributed by atoms with van der Waals surface area (Å²) in [5.74, 6) is 0.905. The second-order valence-corrected chi connectivity index (χ2v) is 9.62. The van der Waals surface area contributed by atoms with Gasteiger partial charge in [0.25, 0.3) is 0 Å². The van der Waals surface area contributed by atoms with Crippen molar-refractivity contribution < 1.29 is 18.7 Å². The van der Waals surface area contributed by atoms with Crippen molar-refractivity contribution >= 4 is 23.7 Å². The molecule has 5 rings (SSSR count). The first-order valence-corrected chi connectivity index (χ1v) is 13.3.